The van der Waals surface area contributed by atoms with E-state index >= 15 is 0 Å². The number of benzene rings is 3. The second kappa shape index (κ2) is 7.19. The highest BCUT2D eigenvalue weighted by Gasteiger charge is 2.07. The summed E-state index contributed by atoms with van der Waals surface area (Å²) < 4.78 is 0. The van der Waals surface area contributed by atoms with Crippen molar-refractivity contribution in [1.29, 1.82) is 0 Å². The number of amides is 1. The maximum atomic E-state index is 12.5. The summed E-state index contributed by atoms with van der Waals surface area (Å²) in [5.74, 6) is -0.0825. The maximum absolute atomic E-state index is 12.5. The van der Waals surface area contributed by atoms with Crippen LogP contribution in [-0.2, 0) is 6.54 Å². The summed E-state index contributed by atoms with van der Waals surface area (Å²) >= 11 is 0. The number of carbonyl (C=O) groups excluding carboxylic acids is 1. The van der Waals surface area contributed by atoms with Crippen molar-refractivity contribution in [3.63, 3.8) is 0 Å². The molecule has 0 spiro atoms. The third kappa shape index (κ3) is 3.47. The fourth-order valence-corrected chi connectivity index (χ4v) is 2.99. The van der Waals surface area contributed by atoms with Crippen LogP contribution in [0.3, 0.4) is 0 Å². The van der Waals surface area contributed by atoms with E-state index < -0.39 is 0 Å². The summed E-state index contributed by atoms with van der Waals surface area (Å²) in [5, 5.41) is 3.96. The van der Waals surface area contributed by atoms with E-state index in [1.807, 2.05) is 60.7 Å². The van der Waals surface area contributed by atoms with Gasteiger partial charge in [-0.15, -0.1) is 0 Å². The summed E-state index contributed by atoms with van der Waals surface area (Å²) in [4.78, 5) is 16.8. The van der Waals surface area contributed by atoms with Crippen LogP contribution in [-0.4, -0.2) is 10.9 Å². The van der Waals surface area contributed by atoms with E-state index in [4.69, 9.17) is 0 Å². The fraction of sp³-hybridized carbons (Fsp3) is 0.0435. The maximum Gasteiger partial charge on any atom is 0.251 e. The number of aromatic nitrogens is 1. The molecule has 0 atom stereocenters. The van der Waals surface area contributed by atoms with Gasteiger partial charge in [0.05, 0.1) is 5.52 Å². The van der Waals surface area contributed by atoms with Crippen molar-refractivity contribution in [1.82, 2.24) is 10.3 Å². The van der Waals surface area contributed by atoms with Gasteiger partial charge in [-0.2, -0.15) is 0 Å². The molecule has 0 aliphatic rings. The largest absolute Gasteiger partial charge is 0.348 e. The molecule has 3 heteroatoms. The van der Waals surface area contributed by atoms with Gasteiger partial charge in [-0.05, 0) is 47.0 Å². The van der Waals surface area contributed by atoms with E-state index in [2.05, 4.69) is 34.6 Å². The van der Waals surface area contributed by atoms with Crippen molar-refractivity contribution >= 4 is 16.8 Å². The topological polar surface area (TPSA) is 42.0 Å². The van der Waals surface area contributed by atoms with Crippen LogP contribution in [0.2, 0.25) is 0 Å². The summed E-state index contributed by atoms with van der Waals surface area (Å²) in [6, 6.07) is 27.9. The van der Waals surface area contributed by atoms with E-state index in [9.17, 15) is 4.79 Å². The molecule has 0 saturated heterocycles. The smallest absolute Gasteiger partial charge is 0.251 e. The van der Waals surface area contributed by atoms with Gasteiger partial charge >= 0.3 is 0 Å². The van der Waals surface area contributed by atoms with Gasteiger partial charge < -0.3 is 5.32 Å². The van der Waals surface area contributed by atoms with Crippen LogP contribution < -0.4 is 5.32 Å². The zero-order chi connectivity index (χ0) is 17.8. The van der Waals surface area contributed by atoms with Gasteiger partial charge in [-0.3, -0.25) is 9.78 Å². The molecule has 0 unspecified atom stereocenters. The summed E-state index contributed by atoms with van der Waals surface area (Å²) in [6.07, 6.45) is 1.75. The minimum Gasteiger partial charge on any atom is -0.348 e. The molecule has 3 aromatic carbocycles. The highest BCUT2D eigenvalue weighted by atomic mass is 16.1. The average molecular weight is 338 g/mol. The third-order valence-corrected chi connectivity index (χ3v) is 4.35. The minimum atomic E-state index is -0.0825. The second-order valence-corrected chi connectivity index (χ2v) is 6.16. The van der Waals surface area contributed by atoms with E-state index in [1.54, 1.807) is 6.20 Å². The van der Waals surface area contributed by atoms with Gasteiger partial charge in [-0.25, -0.2) is 0 Å². The molecular weight excluding hydrogens is 320 g/mol. The molecule has 0 saturated carbocycles. The van der Waals surface area contributed by atoms with E-state index in [0.29, 0.717) is 12.1 Å². The van der Waals surface area contributed by atoms with Crippen molar-refractivity contribution in [2.45, 2.75) is 6.54 Å². The number of rotatable bonds is 4. The van der Waals surface area contributed by atoms with Gasteiger partial charge in [0, 0.05) is 23.7 Å². The van der Waals surface area contributed by atoms with Crippen LogP contribution in [0.1, 0.15) is 15.9 Å². The van der Waals surface area contributed by atoms with Gasteiger partial charge in [0.25, 0.3) is 5.91 Å². The number of hydrogen-bond donors (Lipinski definition) is 1. The molecule has 4 aromatic rings. The molecule has 0 aliphatic heterocycles. The van der Waals surface area contributed by atoms with Crippen LogP contribution in [0.4, 0.5) is 0 Å². The summed E-state index contributed by atoms with van der Waals surface area (Å²) in [5.41, 5.74) is 4.92. The number of hydrogen-bond acceptors (Lipinski definition) is 2. The third-order valence-electron chi connectivity index (χ3n) is 4.35. The fourth-order valence-electron chi connectivity index (χ4n) is 2.99. The first kappa shape index (κ1) is 16.0. The Morgan fingerprint density at radius 2 is 1.65 bits per heavy atom. The molecule has 1 N–H and O–H groups in total. The Labute approximate surface area is 152 Å². The quantitative estimate of drug-likeness (QED) is 0.579. The van der Waals surface area contributed by atoms with Crippen LogP contribution in [0, 0.1) is 0 Å². The monoisotopic (exact) mass is 338 g/mol. The molecule has 126 valence electrons. The van der Waals surface area contributed by atoms with Gasteiger partial charge in [0.2, 0.25) is 0 Å². The number of nitrogens with zero attached hydrogens (tertiary/aromatic N) is 1. The molecule has 26 heavy (non-hydrogen) atoms. The van der Waals surface area contributed by atoms with Crippen molar-refractivity contribution < 1.29 is 4.79 Å². The molecule has 4 rings (SSSR count). The van der Waals surface area contributed by atoms with Gasteiger partial charge in [0.15, 0.2) is 0 Å². The number of pyridine rings is 1. The Hall–Kier alpha value is -3.46. The van der Waals surface area contributed by atoms with Crippen LogP contribution in [0.25, 0.3) is 22.0 Å². The standard InChI is InChI=1S/C23H18N2O/c26-23(21-11-12-22-20(15-21)10-5-13-24-22)25-16-17-6-4-9-19(14-17)18-7-2-1-3-8-18/h1-15H,16H2,(H,25,26). The number of fused-ring (bicyclic) bond motifs is 1. The number of carbonyl (C=O) groups is 1. The Morgan fingerprint density at radius 1 is 0.808 bits per heavy atom. The summed E-state index contributed by atoms with van der Waals surface area (Å²) in [6.45, 7) is 0.491. The minimum absolute atomic E-state index is 0.0825. The van der Waals surface area contributed by atoms with Gasteiger partial charge in [-0.1, -0.05) is 54.6 Å². The SMILES string of the molecule is O=C(NCc1cccc(-c2ccccc2)c1)c1ccc2ncccc2c1. The molecule has 1 amide bonds. The lowest BCUT2D eigenvalue weighted by molar-refractivity contribution is 0.0951. The highest BCUT2D eigenvalue weighted by molar-refractivity contribution is 5.97. The lowest BCUT2D eigenvalue weighted by atomic mass is 10.0. The summed E-state index contributed by atoms with van der Waals surface area (Å²) in [7, 11) is 0. The predicted molar refractivity (Wildman–Crippen MR) is 105 cm³/mol. The normalized spacial score (nSPS) is 10.6. The van der Waals surface area contributed by atoms with Crippen molar-refractivity contribution in [3.05, 3.63) is 102 Å². The Balaban J connectivity index is 1.49. The van der Waals surface area contributed by atoms with E-state index in [1.165, 1.54) is 5.56 Å². The lowest BCUT2D eigenvalue weighted by Gasteiger charge is -2.08. The highest BCUT2D eigenvalue weighted by Crippen LogP contribution is 2.20. The number of nitrogens with one attached hydrogen (secondary N) is 1. The molecule has 1 aromatic heterocycles. The van der Waals surface area contributed by atoms with Crippen molar-refractivity contribution in [3.8, 4) is 11.1 Å². The van der Waals surface area contributed by atoms with E-state index in [0.717, 1.165) is 22.0 Å². The average Bonchev–Trinajstić information content (AvgIpc) is 2.72. The Kier molecular flexibility index (Phi) is 4.44. The van der Waals surface area contributed by atoms with Crippen LogP contribution in [0.15, 0.2) is 91.1 Å². The zero-order valence-corrected chi connectivity index (χ0v) is 14.2. The molecule has 1 heterocycles. The molecule has 0 bridgehead atoms. The molecule has 0 aliphatic carbocycles. The Morgan fingerprint density at radius 3 is 2.54 bits per heavy atom. The molecule has 0 fully saturated rings. The van der Waals surface area contributed by atoms with Crippen molar-refractivity contribution in [2.24, 2.45) is 0 Å². The molecule has 3 nitrogen and oxygen atoms in total. The Bertz CT molecular complexity index is 1060. The van der Waals surface area contributed by atoms with Crippen LogP contribution >= 0.6 is 0 Å². The zero-order valence-electron chi connectivity index (χ0n) is 14.2. The first-order valence-electron chi connectivity index (χ1n) is 8.57. The first-order valence-corrected chi connectivity index (χ1v) is 8.57. The van der Waals surface area contributed by atoms with Crippen LogP contribution in [0.5, 0.6) is 0 Å². The molecular formula is C23H18N2O. The van der Waals surface area contributed by atoms with Gasteiger partial charge in [0.1, 0.15) is 0 Å². The first-order chi connectivity index (χ1) is 12.8. The predicted octanol–water partition coefficient (Wildman–Crippen LogP) is 4.83. The van der Waals surface area contributed by atoms with Crippen molar-refractivity contribution in [2.75, 3.05) is 0 Å². The second-order valence-electron chi connectivity index (χ2n) is 6.16. The molecule has 0 radical (unpaired) electrons. The van der Waals surface area contributed by atoms with E-state index in [-0.39, 0.29) is 5.91 Å². The lowest BCUT2D eigenvalue weighted by Crippen LogP contribution is -2.22.